The predicted molar refractivity (Wildman–Crippen MR) is 120 cm³/mol. The summed E-state index contributed by atoms with van der Waals surface area (Å²) in [6.45, 7) is 3.78. The van der Waals surface area contributed by atoms with Gasteiger partial charge in [-0.05, 0) is 41.5 Å². The normalized spacial score (nSPS) is 14.3. The van der Waals surface area contributed by atoms with Gasteiger partial charge in [0, 0.05) is 37.3 Å². The van der Waals surface area contributed by atoms with Crippen LogP contribution in [0.4, 0.5) is 17.3 Å². The first-order valence-corrected chi connectivity index (χ1v) is 9.95. The Bertz CT molecular complexity index is 1120. The van der Waals surface area contributed by atoms with Crippen molar-refractivity contribution in [1.29, 1.82) is 0 Å². The zero-order valence-electron chi connectivity index (χ0n) is 16.2. The number of nitrogens with zero attached hydrogens (tertiary/aromatic N) is 4. The van der Waals surface area contributed by atoms with Crippen molar-refractivity contribution in [3.05, 3.63) is 78.9 Å². The SMILES string of the molecule is Nc1ccc2c(-c3ccccc3)cc(N3CCN(c4ccccc4)CC3)nc2n1. The van der Waals surface area contributed by atoms with E-state index in [1.807, 2.05) is 18.2 Å². The lowest BCUT2D eigenvalue weighted by molar-refractivity contribution is 0.648. The molecule has 5 heteroatoms. The number of hydrogen-bond donors (Lipinski definition) is 1. The van der Waals surface area contributed by atoms with Crippen LogP contribution in [-0.4, -0.2) is 36.1 Å². The van der Waals surface area contributed by atoms with Crippen molar-refractivity contribution < 1.29 is 0 Å². The average Bonchev–Trinajstić information content (AvgIpc) is 2.79. The summed E-state index contributed by atoms with van der Waals surface area (Å²) < 4.78 is 0. The third-order valence-electron chi connectivity index (χ3n) is 5.49. The smallest absolute Gasteiger partial charge is 0.164 e. The molecule has 0 atom stereocenters. The second kappa shape index (κ2) is 7.43. The Labute approximate surface area is 170 Å². The Morgan fingerprint density at radius 2 is 1.34 bits per heavy atom. The first-order valence-electron chi connectivity index (χ1n) is 9.95. The van der Waals surface area contributed by atoms with Crippen molar-refractivity contribution in [2.24, 2.45) is 0 Å². The van der Waals surface area contributed by atoms with Crippen LogP contribution in [0.15, 0.2) is 78.9 Å². The summed E-state index contributed by atoms with van der Waals surface area (Å²) in [7, 11) is 0. The van der Waals surface area contributed by atoms with E-state index < -0.39 is 0 Å². The molecule has 3 heterocycles. The summed E-state index contributed by atoms with van der Waals surface area (Å²) in [5, 5.41) is 1.03. The molecule has 2 N–H and O–H groups in total. The molecule has 0 unspecified atom stereocenters. The topological polar surface area (TPSA) is 58.3 Å². The first kappa shape index (κ1) is 17.5. The molecular weight excluding hydrogens is 358 g/mol. The summed E-state index contributed by atoms with van der Waals surface area (Å²) >= 11 is 0. The molecule has 1 fully saturated rings. The number of pyridine rings is 2. The van der Waals surface area contributed by atoms with E-state index in [-0.39, 0.29) is 0 Å². The van der Waals surface area contributed by atoms with Gasteiger partial charge in [0.05, 0.1) is 0 Å². The monoisotopic (exact) mass is 381 g/mol. The van der Waals surface area contributed by atoms with Gasteiger partial charge >= 0.3 is 0 Å². The minimum absolute atomic E-state index is 0.495. The van der Waals surface area contributed by atoms with E-state index >= 15 is 0 Å². The van der Waals surface area contributed by atoms with Crippen molar-refractivity contribution in [3.8, 4) is 11.1 Å². The van der Waals surface area contributed by atoms with Crippen LogP contribution in [0.1, 0.15) is 0 Å². The van der Waals surface area contributed by atoms with Gasteiger partial charge < -0.3 is 15.5 Å². The third-order valence-corrected chi connectivity index (χ3v) is 5.49. The second-order valence-electron chi connectivity index (χ2n) is 7.31. The van der Waals surface area contributed by atoms with E-state index in [1.54, 1.807) is 0 Å². The molecule has 1 saturated heterocycles. The summed E-state index contributed by atoms with van der Waals surface area (Å²) in [5.74, 6) is 1.46. The molecule has 2 aromatic heterocycles. The Kier molecular flexibility index (Phi) is 4.48. The van der Waals surface area contributed by atoms with Crippen LogP contribution in [0.25, 0.3) is 22.2 Å². The van der Waals surface area contributed by atoms with Gasteiger partial charge in [0.15, 0.2) is 5.65 Å². The number of benzene rings is 2. The molecule has 0 aliphatic carbocycles. The number of nitrogen functional groups attached to an aromatic ring is 1. The number of fused-ring (bicyclic) bond motifs is 1. The molecular formula is C24H23N5. The lowest BCUT2D eigenvalue weighted by atomic mass is 10.0. The van der Waals surface area contributed by atoms with E-state index in [0.717, 1.165) is 48.5 Å². The maximum absolute atomic E-state index is 5.95. The van der Waals surface area contributed by atoms with Gasteiger partial charge in [0.1, 0.15) is 11.6 Å². The van der Waals surface area contributed by atoms with Crippen LogP contribution in [-0.2, 0) is 0 Å². The molecule has 1 aliphatic rings. The fourth-order valence-corrected chi connectivity index (χ4v) is 3.96. The van der Waals surface area contributed by atoms with Crippen LogP contribution in [0, 0.1) is 0 Å². The zero-order valence-corrected chi connectivity index (χ0v) is 16.2. The molecule has 4 aromatic rings. The maximum atomic E-state index is 5.95. The molecule has 5 rings (SSSR count). The summed E-state index contributed by atoms with van der Waals surface area (Å²) in [5.41, 5.74) is 10.2. The largest absolute Gasteiger partial charge is 0.384 e. The van der Waals surface area contributed by atoms with Gasteiger partial charge in [0.25, 0.3) is 0 Å². The first-order chi connectivity index (χ1) is 14.3. The van der Waals surface area contributed by atoms with Gasteiger partial charge in [-0.2, -0.15) is 0 Å². The number of nitrogens with two attached hydrogens (primary N) is 1. The quantitative estimate of drug-likeness (QED) is 0.576. The van der Waals surface area contributed by atoms with Crippen molar-refractivity contribution >= 4 is 28.4 Å². The van der Waals surface area contributed by atoms with Crippen molar-refractivity contribution in [2.75, 3.05) is 41.7 Å². The summed E-state index contributed by atoms with van der Waals surface area (Å²) in [6, 6.07) is 27.0. The average molecular weight is 381 g/mol. The molecule has 29 heavy (non-hydrogen) atoms. The highest BCUT2D eigenvalue weighted by Gasteiger charge is 2.20. The van der Waals surface area contributed by atoms with Crippen LogP contribution in [0.3, 0.4) is 0 Å². The fourth-order valence-electron chi connectivity index (χ4n) is 3.96. The molecule has 0 bridgehead atoms. The maximum Gasteiger partial charge on any atom is 0.164 e. The van der Waals surface area contributed by atoms with Gasteiger partial charge in [0.2, 0.25) is 0 Å². The highest BCUT2D eigenvalue weighted by molar-refractivity contribution is 5.95. The van der Waals surface area contributed by atoms with Crippen molar-refractivity contribution in [1.82, 2.24) is 9.97 Å². The van der Waals surface area contributed by atoms with Crippen molar-refractivity contribution in [2.45, 2.75) is 0 Å². The number of para-hydroxylation sites is 1. The summed E-state index contributed by atoms with van der Waals surface area (Å²) in [4.78, 5) is 14.1. The van der Waals surface area contributed by atoms with Gasteiger partial charge in [-0.15, -0.1) is 0 Å². The number of anilines is 3. The summed E-state index contributed by atoms with van der Waals surface area (Å²) in [6.07, 6.45) is 0. The van der Waals surface area contributed by atoms with Gasteiger partial charge in [-0.1, -0.05) is 48.5 Å². The number of aromatic nitrogens is 2. The molecule has 0 spiro atoms. The van der Waals surface area contributed by atoms with E-state index in [0.29, 0.717) is 11.5 Å². The highest BCUT2D eigenvalue weighted by Crippen LogP contribution is 2.31. The lowest BCUT2D eigenvalue weighted by Crippen LogP contribution is -2.46. The van der Waals surface area contributed by atoms with Gasteiger partial charge in [-0.25, -0.2) is 9.97 Å². The highest BCUT2D eigenvalue weighted by atomic mass is 15.3. The van der Waals surface area contributed by atoms with Crippen LogP contribution < -0.4 is 15.5 Å². The number of rotatable bonds is 3. The lowest BCUT2D eigenvalue weighted by Gasteiger charge is -2.37. The number of hydrogen-bond acceptors (Lipinski definition) is 5. The van der Waals surface area contributed by atoms with Crippen molar-refractivity contribution in [3.63, 3.8) is 0 Å². The second-order valence-corrected chi connectivity index (χ2v) is 7.31. The molecule has 5 nitrogen and oxygen atoms in total. The molecule has 0 amide bonds. The van der Waals surface area contributed by atoms with Crippen LogP contribution in [0.2, 0.25) is 0 Å². The Balaban J connectivity index is 1.49. The fraction of sp³-hybridized carbons (Fsp3) is 0.167. The molecule has 144 valence electrons. The molecule has 1 aliphatic heterocycles. The minimum Gasteiger partial charge on any atom is -0.384 e. The van der Waals surface area contributed by atoms with E-state index in [9.17, 15) is 0 Å². The molecule has 0 saturated carbocycles. The zero-order chi connectivity index (χ0) is 19.6. The molecule has 0 radical (unpaired) electrons. The van der Waals surface area contributed by atoms with E-state index in [4.69, 9.17) is 10.7 Å². The standard InChI is InChI=1S/C24H23N5/c25-22-12-11-20-21(18-7-3-1-4-8-18)17-23(27-24(20)26-22)29-15-13-28(14-16-29)19-9-5-2-6-10-19/h1-12,17H,13-16H2,(H2,25,26,27). The van der Waals surface area contributed by atoms with Crippen LogP contribution in [0.5, 0.6) is 0 Å². The molecule has 2 aromatic carbocycles. The Morgan fingerprint density at radius 3 is 2.07 bits per heavy atom. The Hall–Kier alpha value is -3.60. The van der Waals surface area contributed by atoms with Crippen LogP contribution >= 0.6 is 0 Å². The minimum atomic E-state index is 0.495. The predicted octanol–water partition coefficient (Wildman–Crippen LogP) is 4.21. The van der Waals surface area contributed by atoms with Gasteiger partial charge in [-0.3, -0.25) is 0 Å². The van der Waals surface area contributed by atoms with E-state index in [2.05, 4.69) is 75.4 Å². The Morgan fingerprint density at radius 1 is 0.690 bits per heavy atom. The number of piperazine rings is 1. The van der Waals surface area contributed by atoms with E-state index in [1.165, 1.54) is 5.69 Å². The third kappa shape index (κ3) is 3.47.